The van der Waals surface area contributed by atoms with Crippen LogP contribution in [0.4, 0.5) is 5.82 Å². The molecular formula is C22H29ClN6O5S2. The predicted molar refractivity (Wildman–Crippen MR) is 138 cm³/mol. The third-order valence-electron chi connectivity index (χ3n) is 6.21. The molecule has 4 unspecified atom stereocenters. The quantitative estimate of drug-likeness (QED) is 0.158. The number of anilines is 1. The van der Waals surface area contributed by atoms with E-state index in [1.165, 1.54) is 29.6 Å². The van der Waals surface area contributed by atoms with Gasteiger partial charge >= 0.3 is 0 Å². The normalized spacial score (nSPS) is 30.5. The number of benzene rings is 1. The molecule has 6 N–H and O–H groups in total. The number of rotatable bonds is 8. The summed E-state index contributed by atoms with van der Waals surface area (Å²) in [5.74, 6) is 1.28. The van der Waals surface area contributed by atoms with Gasteiger partial charge in [-0.3, -0.25) is 4.57 Å². The van der Waals surface area contributed by atoms with Crippen LogP contribution in [0.1, 0.15) is 44.8 Å². The van der Waals surface area contributed by atoms with Crippen LogP contribution in [0.15, 0.2) is 28.9 Å². The van der Waals surface area contributed by atoms with Crippen molar-refractivity contribution in [3.8, 4) is 5.75 Å². The maximum absolute atomic E-state index is 10.5. The smallest absolute Gasteiger partial charge is 0.180 e. The molecule has 0 saturated carbocycles. The summed E-state index contributed by atoms with van der Waals surface area (Å²) in [5, 5.41) is 32.5. The first-order chi connectivity index (χ1) is 17.3. The third-order valence-corrected chi connectivity index (χ3v) is 9.05. The van der Waals surface area contributed by atoms with Crippen molar-refractivity contribution in [3.63, 3.8) is 0 Å². The van der Waals surface area contributed by atoms with Crippen molar-refractivity contribution in [2.75, 3.05) is 18.5 Å². The molecule has 196 valence electrons. The van der Waals surface area contributed by atoms with E-state index in [1.807, 2.05) is 36.4 Å². The highest BCUT2D eigenvalue weighted by molar-refractivity contribution is 7.99. The number of nitrogens with one attached hydrogen (secondary N) is 1. The van der Waals surface area contributed by atoms with Crippen molar-refractivity contribution < 1.29 is 24.8 Å². The molecule has 3 aromatic rings. The first-order valence-electron chi connectivity index (χ1n) is 11.7. The van der Waals surface area contributed by atoms with Gasteiger partial charge in [-0.15, -0.1) is 11.3 Å². The van der Waals surface area contributed by atoms with Gasteiger partial charge < -0.3 is 35.8 Å². The van der Waals surface area contributed by atoms with Crippen LogP contribution in [-0.2, 0) is 4.74 Å². The summed E-state index contributed by atoms with van der Waals surface area (Å²) in [6.07, 6.45) is -2.29. The van der Waals surface area contributed by atoms with Gasteiger partial charge in [-0.05, 0) is 43.5 Å². The Hall–Kier alpha value is -1.68. The van der Waals surface area contributed by atoms with Gasteiger partial charge in [0.15, 0.2) is 15.7 Å². The van der Waals surface area contributed by atoms with Crippen molar-refractivity contribution in [3.05, 3.63) is 30.2 Å². The fraction of sp³-hybridized carbons (Fsp3) is 0.545. The zero-order valence-electron chi connectivity index (χ0n) is 19.7. The van der Waals surface area contributed by atoms with E-state index in [0.29, 0.717) is 24.5 Å². The summed E-state index contributed by atoms with van der Waals surface area (Å²) in [5.41, 5.74) is 8.06. The number of aromatic nitrogens is 3. The summed E-state index contributed by atoms with van der Waals surface area (Å²) in [4.78, 5) is 9.22. The molecule has 2 aliphatic rings. The number of aliphatic hydroxyl groups excluding tert-OH is 3. The van der Waals surface area contributed by atoms with Crippen LogP contribution in [0.2, 0.25) is 0 Å². The highest BCUT2D eigenvalue weighted by Crippen LogP contribution is 2.49. The third kappa shape index (κ3) is 4.46. The van der Waals surface area contributed by atoms with E-state index in [4.69, 9.17) is 31.8 Å². The van der Waals surface area contributed by atoms with E-state index >= 15 is 0 Å². The topological polar surface area (TPSA) is 151 Å². The Labute approximate surface area is 221 Å². The SMILES string of the molecule is CCCC1(Cl)Nc2c(ncn2[C@@H]2O[C@H](CO)C(O)C2O)C(N)N1Sc1nc2ccc(OCC)cc2s1. The summed E-state index contributed by atoms with van der Waals surface area (Å²) in [6.45, 7) is 4.13. The second-order valence-electron chi connectivity index (χ2n) is 8.65. The second-order valence-corrected chi connectivity index (χ2v) is 11.5. The van der Waals surface area contributed by atoms with Crippen molar-refractivity contribution in [2.24, 2.45) is 5.73 Å². The maximum Gasteiger partial charge on any atom is 0.180 e. The summed E-state index contributed by atoms with van der Waals surface area (Å²) < 4.78 is 16.5. The number of thiazole rings is 1. The number of halogens is 1. The van der Waals surface area contributed by atoms with Crippen LogP contribution in [0.5, 0.6) is 5.75 Å². The molecule has 6 atom stereocenters. The number of ether oxygens (including phenoxy) is 2. The Morgan fingerprint density at radius 2 is 2.14 bits per heavy atom. The minimum absolute atomic E-state index is 0.424. The highest BCUT2D eigenvalue weighted by atomic mass is 35.5. The predicted octanol–water partition coefficient (Wildman–Crippen LogP) is 2.59. The molecule has 5 rings (SSSR count). The zero-order chi connectivity index (χ0) is 25.6. The standard InChI is InChI=1S/C22H29ClN6O5S2/c1-3-7-22(23)27-19-15(25-10-28(19)20-17(32)16(31)13(9-30)34-20)18(24)29(22)36-21-26-12-6-5-11(33-4-2)8-14(12)35-21/h5-6,8,10,13,16-18,20,27,30-32H,3-4,7,9,24H2,1-2H3/t13-,16?,17?,18?,20-,22?/m1/s1. The van der Waals surface area contributed by atoms with E-state index in [0.717, 1.165) is 26.7 Å². The first-order valence-corrected chi connectivity index (χ1v) is 13.7. The number of nitrogens with two attached hydrogens (primary N) is 1. The molecule has 0 aliphatic carbocycles. The van der Waals surface area contributed by atoms with E-state index in [9.17, 15) is 15.3 Å². The molecule has 2 aromatic heterocycles. The number of hydrogen-bond acceptors (Lipinski definition) is 12. The molecule has 1 saturated heterocycles. The van der Waals surface area contributed by atoms with Gasteiger partial charge in [0.2, 0.25) is 0 Å². The molecule has 1 aromatic carbocycles. The molecule has 2 aliphatic heterocycles. The van der Waals surface area contributed by atoms with Crippen LogP contribution in [0.3, 0.4) is 0 Å². The Kier molecular flexibility index (Phi) is 7.38. The maximum atomic E-state index is 10.5. The average molecular weight is 557 g/mol. The largest absolute Gasteiger partial charge is 0.494 e. The van der Waals surface area contributed by atoms with Gasteiger partial charge in [0.25, 0.3) is 0 Å². The minimum Gasteiger partial charge on any atom is -0.494 e. The number of fused-ring (bicyclic) bond motifs is 2. The van der Waals surface area contributed by atoms with Crippen LogP contribution in [0, 0.1) is 0 Å². The number of imidazole rings is 1. The van der Waals surface area contributed by atoms with Gasteiger partial charge in [-0.1, -0.05) is 24.9 Å². The van der Waals surface area contributed by atoms with Crippen LogP contribution >= 0.6 is 34.9 Å². The molecule has 0 amide bonds. The van der Waals surface area contributed by atoms with E-state index in [2.05, 4.69) is 10.3 Å². The number of nitrogens with zero attached hydrogens (tertiary/aromatic N) is 4. The van der Waals surface area contributed by atoms with Gasteiger partial charge in [0.1, 0.15) is 41.7 Å². The number of alkyl halides is 1. The van der Waals surface area contributed by atoms with Gasteiger partial charge in [-0.2, -0.15) is 4.31 Å². The van der Waals surface area contributed by atoms with E-state index < -0.39 is 42.4 Å². The fourth-order valence-corrected chi connectivity index (χ4v) is 7.16. The monoisotopic (exact) mass is 556 g/mol. The molecule has 0 radical (unpaired) electrons. The Morgan fingerprint density at radius 3 is 2.83 bits per heavy atom. The van der Waals surface area contributed by atoms with E-state index in [1.54, 1.807) is 4.57 Å². The summed E-state index contributed by atoms with van der Waals surface area (Å²) in [6, 6.07) is 5.79. The van der Waals surface area contributed by atoms with Gasteiger partial charge in [0, 0.05) is 0 Å². The average Bonchev–Trinajstić information content (AvgIpc) is 3.52. The van der Waals surface area contributed by atoms with Gasteiger partial charge in [0.05, 0.1) is 29.8 Å². The zero-order valence-corrected chi connectivity index (χ0v) is 22.1. The van der Waals surface area contributed by atoms with E-state index in [-0.39, 0.29) is 0 Å². The van der Waals surface area contributed by atoms with Gasteiger partial charge in [-0.25, -0.2) is 9.97 Å². The van der Waals surface area contributed by atoms with Crippen LogP contribution in [-0.4, -0.2) is 70.8 Å². The molecule has 11 nitrogen and oxygen atoms in total. The molecule has 0 bridgehead atoms. The summed E-state index contributed by atoms with van der Waals surface area (Å²) in [7, 11) is 0. The number of hydrogen-bond donors (Lipinski definition) is 5. The van der Waals surface area contributed by atoms with Crippen LogP contribution < -0.4 is 15.8 Å². The molecule has 4 heterocycles. The lowest BCUT2D eigenvalue weighted by Gasteiger charge is -2.45. The fourth-order valence-electron chi connectivity index (χ4n) is 4.49. The lowest BCUT2D eigenvalue weighted by atomic mass is 10.1. The van der Waals surface area contributed by atoms with Crippen LogP contribution in [0.25, 0.3) is 10.2 Å². The van der Waals surface area contributed by atoms with Crippen molar-refractivity contribution >= 4 is 50.9 Å². The van der Waals surface area contributed by atoms with Crippen molar-refractivity contribution in [1.29, 1.82) is 0 Å². The highest BCUT2D eigenvalue weighted by Gasteiger charge is 2.49. The van der Waals surface area contributed by atoms with Crippen molar-refractivity contribution in [2.45, 2.75) is 66.9 Å². The lowest BCUT2D eigenvalue weighted by Crippen LogP contribution is -2.54. The van der Waals surface area contributed by atoms with Crippen molar-refractivity contribution in [1.82, 2.24) is 18.8 Å². The second kappa shape index (κ2) is 10.2. The Morgan fingerprint density at radius 1 is 1.33 bits per heavy atom. The molecule has 1 fully saturated rings. The first kappa shape index (κ1) is 25.9. The lowest BCUT2D eigenvalue weighted by molar-refractivity contribution is -0.0521. The Bertz CT molecular complexity index is 1230. The molecular weight excluding hydrogens is 528 g/mol. The molecule has 36 heavy (non-hydrogen) atoms. The minimum atomic E-state index is -1.26. The number of aliphatic hydroxyl groups is 3. The summed E-state index contributed by atoms with van der Waals surface area (Å²) >= 11 is 10.0. The molecule has 0 spiro atoms. The Balaban J connectivity index is 1.46. The molecule has 14 heteroatoms.